The van der Waals surface area contributed by atoms with Gasteiger partial charge in [-0.2, -0.15) is 11.8 Å². The molecule has 6 unspecified atom stereocenters. The zero-order valence-electron chi connectivity index (χ0n) is 10.6. The fourth-order valence-corrected chi connectivity index (χ4v) is 5.53. The summed E-state index contributed by atoms with van der Waals surface area (Å²) in [7, 11) is 0. The zero-order chi connectivity index (χ0) is 11.1. The van der Waals surface area contributed by atoms with Crippen LogP contribution >= 0.6 is 11.8 Å². The maximum Gasteiger partial charge on any atom is 0.0194 e. The Bertz CT molecular complexity index is 255. The van der Waals surface area contributed by atoms with Crippen molar-refractivity contribution in [1.82, 2.24) is 5.32 Å². The third-order valence-corrected chi connectivity index (χ3v) is 6.61. The molecule has 3 aliphatic rings. The topological polar surface area (TPSA) is 12.0 Å². The largest absolute Gasteiger partial charge is 0.310 e. The van der Waals surface area contributed by atoms with Crippen LogP contribution in [0.4, 0.5) is 0 Å². The van der Waals surface area contributed by atoms with Crippen LogP contribution in [0.3, 0.4) is 0 Å². The van der Waals surface area contributed by atoms with Gasteiger partial charge in [0, 0.05) is 17.3 Å². The maximum absolute atomic E-state index is 3.93. The van der Waals surface area contributed by atoms with E-state index in [4.69, 9.17) is 0 Å². The summed E-state index contributed by atoms with van der Waals surface area (Å²) in [5.74, 6) is 4.52. The van der Waals surface area contributed by atoms with Crippen LogP contribution in [0.2, 0.25) is 0 Å². The third kappa shape index (κ3) is 2.03. The second-order valence-corrected chi connectivity index (χ2v) is 7.75. The lowest BCUT2D eigenvalue weighted by molar-refractivity contribution is 0.244. The van der Waals surface area contributed by atoms with Gasteiger partial charge < -0.3 is 5.32 Å². The van der Waals surface area contributed by atoms with E-state index in [9.17, 15) is 0 Å². The van der Waals surface area contributed by atoms with Gasteiger partial charge in [0.25, 0.3) is 0 Å². The molecule has 16 heavy (non-hydrogen) atoms. The molecule has 2 heteroatoms. The standard InChI is InChI=1S/C14H25NS/c1-9(15-14-5-6-16-10(14)2)13-8-11-3-4-12(13)7-11/h9-15H,3-8H2,1-2H3. The Hall–Kier alpha value is 0.310. The molecule has 0 spiro atoms. The van der Waals surface area contributed by atoms with E-state index in [1.807, 2.05) is 0 Å². The summed E-state index contributed by atoms with van der Waals surface area (Å²) in [6, 6.07) is 1.56. The molecule has 1 N–H and O–H groups in total. The second kappa shape index (κ2) is 4.53. The molecular formula is C14H25NS. The Morgan fingerprint density at radius 1 is 1.19 bits per heavy atom. The molecule has 2 aliphatic carbocycles. The van der Waals surface area contributed by atoms with E-state index < -0.39 is 0 Å². The molecule has 1 saturated heterocycles. The minimum atomic E-state index is 0.765. The molecule has 1 aliphatic heterocycles. The van der Waals surface area contributed by atoms with Crippen molar-refractivity contribution >= 4 is 11.8 Å². The summed E-state index contributed by atoms with van der Waals surface area (Å²) in [5, 5.41) is 4.77. The summed E-state index contributed by atoms with van der Waals surface area (Å²) in [6.07, 6.45) is 7.51. The predicted molar refractivity (Wildman–Crippen MR) is 71.9 cm³/mol. The summed E-state index contributed by atoms with van der Waals surface area (Å²) in [6.45, 7) is 4.84. The predicted octanol–water partition coefficient (Wildman–Crippen LogP) is 3.29. The highest BCUT2D eigenvalue weighted by Gasteiger charge is 2.42. The highest BCUT2D eigenvalue weighted by molar-refractivity contribution is 8.00. The van der Waals surface area contributed by atoms with Gasteiger partial charge in [-0.3, -0.25) is 0 Å². The molecule has 92 valence electrons. The van der Waals surface area contributed by atoms with E-state index in [2.05, 4.69) is 30.9 Å². The lowest BCUT2D eigenvalue weighted by Gasteiger charge is -2.31. The van der Waals surface area contributed by atoms with Gasteiger partial charge in [-0.25, -0.2) is 0 Å². The van der Waals surface area contributed by atoms with E-state index >= 15 is 0 Å². The highest BCUT2D eigenvalue weighted by Crippen LogP contribution is 2.49. The Morgan fingerprint density at radius 2 is 2.06 bits per heavy atom. The average molecular weight is 239 g/mol. The molecule has 0 aromatic heterocycles. The summed E-state index contributed by atoms with van der Waals surface area (Å²) in [4.78, 5) is 0. The van der Waals surface area contributed by atoms with E-state index in [-0.39, 0.29) is 0 Å². The van der Waals surface area contributed by atoms with E-state index in [1.165, 1.54) is 31.4 Å². The number of rotatable bonds is 3. The first kappa shape index (κ1) is 11.4. The first-order valence-electron chi connectivity index (χ1n) is 7.11. The Balaban J connectivity index is 1.55. The van der Waals surface area contributed by atoms with Gasteiger partial charge in [0.05, 0.1) is 0 Å². The molecule has 0 aromatic rings. The lowest BCUT2D eigenvalue weighted by atomic mass is 9.83. The first-order valence-corrected chi connectivity index (χ1v) is 8.16. The van der Waals surface area contributed by atoms with Crippen molar-refractivity contribution in [2.24, 2.45) is 17.8 Å². The van der Waals surface area contributed by atoms with Gasteiger partial charge in [0.2, 0.25) is 0 Å². The number of hydrogen-bond acceptors (Lipinski definition) is 2. The molecule has 0 aromatic carbocycles. The van der Waals surface area contributed by atoms with Gasteiger partial charge in [0.1, 0.15) is 0 Å². The second-order valence-electron chi connectivity index (χ2n) is 6.27. The molecular weight excluding hydrogens is 214 g/mol. The molecule has 3 rings (SSSR count). The molecule has 1 nitrogen and oxygen atoms in total. The number of hydrogen-bond donors (Lipinski definition) is 1. The van der Waals surface area contributed by atoms with E-state index in [0.717, 1.165) is 35.1 Å². The van der Waals surface area contributed by atoms with Crippen molar-refractivity contribution in [2.45, 2.75) is 63.3 Å². The molecule has 2 saturated carbocycles. The smallest absolute Gasteiger partial charge is 0.0194 e. The quantitative estimate of drug-likeness (QED) is 0.811. The SMILES string of the molecule is CC(NC1CCSC1C)C1CC2CCC1C2. The summed E-state index contributed by atoms with van der Waals surface area (Å²) in [5.41, 5.74) is 0. The fraction of sp³-hybridized carbons (Fsp3) is 1.00. The fourth-order valence-electron chi connectivity index (χ4n) is 4.32. The Labute approximate surface area is 104 Å². The van der Waals surface area contributed by atoms with Crippen LogP contribution in [0.1, 0.15) is 46.0 Å². The normalized spacial score (nSPS) is 48.8. The van der Waals surface area contributed by atoms with Crippen LogP contribution in [0.15, 0.2) is 0 Å². The van der Waals surface area contributed by atoms with Gasteiger partial charge in [-0.15, -0.1) is 0 Å². The Kier molecular flexibility index (Phi) is 3.23. The lowest BCUT2D eigenvalue weighted by Crippen LogP contribution is -2.44. The van der Waals surface area contributed by atoms with Crippen molar-refractivity contribution in [3.05, 3.63) is 0 Å². The maximum atomic E-state index is 3.93. The van der Waals surface area contributed by atoms with Crippen LogP contribution in [-0.2, 0) is 0 Å². The van der Waals surface area contributed by atoms with Crippen molar-refractivity contribution in [2.75, 3.05) is 5.75 Å². The molecule has 2 bridgehead atoms. The van der Waals surface area contributed by atoms with Gasteiger partial charge in [-0.1, -0.05) is 13.3 Å². The van der Waals surface area contributed by atoms with Gasteiger partial charge in [-0.05, 0) is 56.1 Å². The van der Waals surface area contributed by atoms with Crippen molar-refractivity contribution in [3.8, 4) is 0 Å². The molecule has 6 atom stereocenters. The molecule has 0 radical (unpaired) electrons. The van der Waals surface area contributed by atoms with Gasteiger partial charge >= 0.3 is 0 Å². The zero-order valence-corrected chi connectivity index (χ0v) is 11.4. The van der Waals surface area contributed by atoms with Crippen molar-refractivity contribution in [1.29, 1.82) is 0 Å². The third-order valence-electron chi connectivity index (χ3n) is 5.29. The number of nitrogens with one attached hydrogen (secondary N) is 1. The summed E-state index contributed by atoms with van der Waals surface area (Å²) >= 11 is 2.14. The van der Waals surface area contributed by atoms with E-state index in [1.54, 1.807) is 6.42 Å². The van der Waals surface area contributed by atoms with E-state index in [0.29, 0.717) is 0 Å². The minimum absolute atomic E-state index is 0.765. The van der Waals surface area contributed by atoms with Crippen molar-refractivity contribution < 1.29 is 0 Å². The minimum Gasteiger partial charge on any atom is -0.310 e. The first-order chi connectivity index (χ1) is 7.74. The molecule has 0 amide bonds. The number of fused-ring (bicyclic) bond motifs is 2. The van der Waals surface area contributed by atoms with Crippen LogP contribution in [0, 0.1) is 17.8 Å². The summed E-state index contributed by atoms with van der Waals surface area (Å²) < 4.78 is 0. The van der Waals surface area contributed by atoms with Crippen molar-refractivity contribution in [3.63, 3.8) is 0 Å². The monoisotopic (exact) mass is 239 g/mol. The highest BCUT2D eigenvalue weighted by atomic mass is 32.2. The molecule has 1 heterocycles. The van der Waals surface area contributed by atoms with Crippen LogP contribution in [0.5, 0.6) is 0 Å². The Morgan fingerprint density at radius 3 is 2.62 bits per heavy atom. The average Bonchev–Trinajstić information content (AvgIpc) is 2.95. The van der Waals surface area contributed by atoms with Crippen LogP contribution in [-0.4, -0.2) is 23.1 Å². The van der Waals surface area contributed by atoms with Crippen LogP contribution < -0.4 is 5.32 Å². The van der Waals surface area contributed by atoms with Crippen LogP contribution in [0.25, 0.3) is 0 Å². The number of thioether (sulfide) groups is 1. The van der Waals surface area contributed by atoms with Gasteiger partial charge in [0.15, 0.2) is 0 Å². The molecule has 3 fully saturated rings.